The van der Waals surface area contributed by atoms with Crippen molar-refractivity contribution >= 4 is 46.2 Å². The minimum atomic E-state index is -0.0789. The molecule has 6 aromatic rings. The van der Waals surface area contributed by atoms with Gasteiger partial charge >= 0.3 is 0 Å². The highest BCUT2D eigenvalue weighted by Gasteiger charge is 2.47. The van der Waals surface area contributed by atoms with E-state index in [1.807, 2.05) is 24.3 Å². The molecule has 0 saturated carbocycles. The van der Waals surface area contributed by atoms with E-state index in [0.29, 0.717) is 0 Å². The number of benzene rings is 6. The summed E-state index contributed by atoms with van der Waals surface area (Å²) in [7, 11) is 0. The average molecular weight is 664 g/mol. The molecule has 0 atom stereocenters. The summed E-state index contributed by atoms with van der Waals surface area (Å²) in [6.07, 6.45) is 0. The van der Waals surface area contributed by atoms with Crippen LogP contribution in [0.3, 0.4) is 0 Å². The summed E-state index contributed by atoms with van der Waals surface area (Å²) < 4.78 is 33.4. The molecule has 5 nitrogen and oxygen atoms in total. The zero-order valence-electron chi connectivity index (χ0n) is 29.4. The fourth-order valence-corrected chi connectivity index (χ4v) is 8.54. The van der Waals surface area contributed by atoms with Gasteiger partial charge in [0.15, 0.2) is 0 Å². The maximum absolute atomic E-state index is 6.84. The molecule has 7 heteroatoms. The van der Waals surface area contributed by atoms with Gasteiger partial charge < -0.3 is 23.7 Å². The summed E-state index contributed by atoms with van der Waals surface area (Å²) in [4.78, 5) is 0. The summed E-state index contributed by atoms with van der Waals surface area (Å²) >= 11 is 0. The van der Waals surface area contributed by atoms with Crippen LogP contribution in [0.25, 0.3) is 11.1 Å². The van der Waals surface area contributed by atoms with Crippen LogP contribution < -0.4 is 56.5 Å². The first-order valence-electron chi connectivity index (χ1n) is 17.8. The van der Waals surface area contributed by atoms with Crippen molar-refractivity contribution in [2.24, 2.45) is 0 Å². The van der Waals surface area contributed by atoms with Gasteiger partial charge in [0.1, 0.15) is 57.5 Å². The maximum atomic E-state index is 6.84. The van der Waals surface area contributed by atoms with Crippen molar-refractivity contribution in [3.63, 3.8) is 0 Å². The standard InChI is InChI=1S/C44H34B2O5/c1-43(2,3)25-19-35-40-36(20-25)50-32-16-23(14-15-28(32)45(40)27-10-7-8-11-29(27)47-35)24-17-33-41-34(18-24)51-38-22-26(44(4,5)6)21-37-42(38)46(41)39-30(48-33)12-9-13-31(39)49-37/h7-22H,1-6H3. The van der Waals surface area contributed by atoms with E-state index in [1.165, 1.54) is 11.1 Å². The van der Waals surface area contributed by atoms with E-state index in [1.54, 1.807) is 0 Å². The highest BCUT2D eigenvalue weighted by Crippen LogP contribution is 2.46. The molecule has 0 fully saturated rings. The molecule has 0 aliphatic carbocycles. The Hall–Kier alpha value is -5.55. The van der Waals surface area contributed by atoms with Gasteiger partial charge in [0, 0.05) is 21.9 Å². The van der Waals surface area contributed by atoms with E-state index in [2.05, 4.69) is 114 Å². The number of fused-ring (bicyclic) bond motifs is 4. The molecule has 0 saturated heterocycles. The molecule has 0 aromatic heterocycles. The molecule has 11 rings (SSSR count). The number of ether oxygens (including phenoxy) is 5. The van der Waals surface area contributed by atoms with Crippen molar-refractivity contribution in [1.82, 2.24) is 0 Å². The van der Waals surface area contributed by atoms with Crippen LogP contribution in [0, 0.1) is 0 Å². The Bertz CT molecular complexity index is 2560. The SMILES string of the molecule is CC(C)(C)c1cc2c3c(c1)Oc1cc(-c4cc5c6c(c4)Oc4cc(C(C)(C)C)cc7c4B6c4c(cccc4O7)O5)ccc1B3c1ccccc1O2. The van der Waals surface area contributed by atoms with Crippen LogP contribution >= 0.6 is 0 Å². The molecule has 0 amide bonds. The molecular weight excluding hydrogens is 630 g/mol. The van der Waals surface area contributed by atoms with E-state index in [-0.39, 0.29) is 24.3 Å². The molecule has 0 bridgehead atoms. The van der Waals surface area contributed by atoms with Crippen LogP contribution in [-0.2, 0) is 10.8 Å². The third kappa shape index (κ3) is 4.06. The molecule has 0 N–H and O–H groups in total. The summed E-state index contributed by atoms with van der Waals surface area (Å²) in [5.41, 5.74) is 10.7. The molecule has 0 spiro atoms. The fraction of sp³-hybridized carbons (Fsp3) is 0.182. The molecular formula is C44H34B2O5. The lowest BCUT2D eigenvalue weighted by molar-refractivity contribution is 0.439. The van der Waals surface area contributed by atoms with Crippen LogP contribution in [0.5, 0.6) is 57.5 Å². The van der Waals surface area contributed by atoms with Crippen LogP contribution in [0.15, 0.2) is 97.1 Å². The smallest absolute Gasteiger partial charge is 0.270 e. The van der Waals surface area contributed by atoms with Crippen LogP contribution in [0.4, 0.5) is 0 Å². The Morgan fingerprint density at radius 1 is 0.353 bits per heavy atom. The number of para-hydroxylation sites is 1. The highest BCUT2D eigenvalue weighted by atomic mass is 16.5. The second-order valence-electron chi connectivity index (χ2n) is 16.5. The molecule has 5 aliphatic heterocycles. The predicted octanol–water partition coefficient (Wildman–Crippen LogP) is 7.51. The Morgan fingerprint density at radius 2 is 0.765 bits per heavy atom. The monoisotopic (exact) mass is 664 g/mol. The lowest BCUT2D eigenvalue weighted by Crippen LogP contribution is -2.59. The lowest BCUT2D eigenvalue weighted by atomic mass is 9.33. The summed E-state index contributed by atoms with van der Waals surface area (Å²) in [6.45, 7) is 13.3. The van der Waals surface area contributed by atoms with E-state index in [0.717, 1.165) is 101 Å². The Morgan fingerprint density at radius 3 is 1.35 bits per heavy atom. The van der Waals surface area contributed by atoms with Crippen LogP contribution in [0.1, 0.15) is 52.7 Å². The van der Waals surface area contributed by atoms with Gasteiger partial charge in [-0.2, -0.15) is 0 Å². The topological polar surface area (TPSA) is 46.2 Å². The van der Waals surface area contributed by atoms with E-state index >= 15 is 0 Å². The van der Waals surface area contributed by atoms with Gasteiger partial charge in [-0.25, -0.2) is 0 Å². The van der Waals surface area contributed by atoms with Gasteiger partial charge in [0.25, 0.3) is 13.4 Å². The highest BCUT2D eigenvalue weighted by molar-refractivity contribution is 7.00. The van der Waals surface area contributed by atoms with Gasteiger partial charge in [0.05, 0.1) is 0 Å². The van der Waals surface area contributed by atoms with Gasteiger partial charge in [-0.1, -0.05) is 77.9 Å². The van der Waals surface area contributed by atoms with Crippen molar-refractivity contribution in [2.45, 2.75) is 52.4 Å². The first-order chi connectivity index (χ1) is 24.5. The van der Waals surface area contributed by atoms with E-state index < -0.39 is 0 Å². The van der Waals surface area contributed by atoms with Gasteiger partial charge in [0.2, 0.25) is 0 Å². The van der Waals surface area contributed by atoms with Crippen molar-refractivity contribution in [1.29, 1.82) is 0 Å². The van der Waals surface area contributed by atoms with Crippen molar-refractivity contribution in [3.05, 3.63) is 108 Å². The summed E-state index contributed by atoms with van der Waals surface area (Å²) in [6, 6.07) is 34.1. The lowest BCUT2D eigenvalue weighted by Gasteiger charge is -2.38. The molecule has 6 aromatic carbocycles. The first-order valence-corrected chi connectivity index (χ1v) is 17.8. The molecule has 51 heavy (non-hydrogen) atoms. The average Bonchev–Trinajstić information content (AvgIpc) is 3.10. The number of rotatable bonds is 1. The third-order valence-corrected chi connectivity index (χ3v) is 11.2. The third-order valence-electron chi connectivity index (χ3n) is 11.2. The Kier molecular flexibility index (Phi) is 5.50. The molecule has 0 radical (unpaired) electrons. The summed E-state index contributed by atoms with van der Waals surface area (Å²) in [5, 5.41) is 0. The van der Waals surface area contributed by atoms with Gasteiger partial charge in [-0.05, 0) is 105 Å². The zero-order valence-corrected chi connectivity index (χ0v) is 29.4. The van der Waals surface area contributed by atoms with Gasteiger partial charge in [-0.15, -0.1) is 0 Å². The van der Waals surface area contributed by atoms with E-state index in [9.17, 15) is 0 Å². The quantitative estimate of drug-likeness (QED) is 0.170. The summed E-state index contributed by atoms with van der Waals surface area (Å²) in [5.74, 6) is 8.42. The van der Waals surface area contributed by atoms with Crippen molar-refractivity contribution < 1.29 is 23.7 Å². The van der Waals surface area contributed by atoms with Crippen LogP contribution in [0.2, 0.25) is 0 Å². The zero-order chi connectivity index (χ0) is 34.6. The number of hydrogen-bond acceptors (Lipinski definition) is 5. The normalized spacial score (nSPS) is 14.8. The second kappa shape index (κ2) is 9.61. The van der Waals surface area contributed by atoms with Crippen LogP contribution in [-0.4, -0.2) is 13.4 Å². The molecule has 5 aliphatic rings. The molecule has 5 heterocycles. The first kappa shape index (κ1) is 29.2. The van der Waals surface area contributed by atoms with Gasteiger partial charge in [-0.3, -0.25) is 0 Å². The second-order valence-corrected chi connectivity index (χ2v) is 16.5. The fourth-order valence-electron chi connectivity index (χ4n) is 8.54. The minimum absolute atomic E-state index is 0.00468. The predicted molar refractivity (Wildman–Crippen MR) is 205 cm³/mol. The molecule has 246 valence electrons. The largest absolute Gasteiger partial charge is 0.458 e. The van der Waals surface area contributed by atoms with E-state index in [4.69, 9.17) is 23.7 Å². The Labute approximate surface area is 298 Å². The molecule has 0 unspecified atom stereocenters. The van der Waals surface area contributed by atoms with Crippen molar-refractivity contribution in [3.8, 4) is 68.6 Å². The Balaban J connectivity index is 1.08. The number of hydrogen-bond donors (Lipinski definition) is 0. The maximum Gasteiger partial charge on any atom is 0.270 e. The van der Waals surface area contributed by atoms with Crippen molar-refractivity contribution in [2.75, 3.05) is 0 Å². The minimum Gasteiger partial charge on any atom is -0.458 e.